The van der Waals surface area contributed by atoms with Crippen LogP contribution in [0.25, 0.3) is 22.1 Å². The fraction of sp³-hybridized carbons (Fsp3) is 0.622. The number of pyridine rings is 2. The molecule has 0 spiro atoms. The molecule has 43 heteroatoms. The molecule has 6 heterocycles. The van der Waals surface area contributed by atoms with Crippen LogP contribution in [0.15, 0.2) is 46.3 Å². The summed E-state index contributed by atoms with van der Waals surface area (Å²) in [5, 5.41) is 38.3. The van der Waals surface area contributed by atoms with Crippen LogP contribution >= 0.6 is 74.5 Å². The van der Waals surface area contributed by atoms with Crippen molar-refractivity contribution in [2.24, 2.45) is 21.6 Å². The summed E-state index contributed by atoms with van der Waals surface area (Å²) in [5.41, 5.74) is 22.0. The zero-order valence-electron chi connectivity index (χ0n) is 77.3. The number of halogens is 6. The fourth-order valence-corrected chi connectivity index (χ4v) is 9.52. The topological polar surface area (TPSA) is 521 Å². The number of ether oxygens (including phenoxy) is 6. The van der Waals surface area contributed by atoms with E-state index >= 15 is 0 Å². The van der Waals surface area contributed by atoms with Crippen LogP contribution in [0, 0.1) is 39.0 Å². The number of aromatic nitrogens is 10. The Morgan fingerprint density at radius 3 is 1.30 bits per heavy atom. The Morgan fingerprint density at radius 2 is 0.984 bits per heavy atom. The van der Waals surface area contributed by atoms with Crippen molar-refractivity contribution in [3.8, 4) is 6.07 Å². The van der Waals surface area contributed by atoms with Gasteiger partial charge in [0.05, 0.1) is 93.6 Å². The summed E-state index contributed by atoms with van der Waals surface area (Å²) in [7, 11) is 0. The van der Waals surface area contributed by atoms with Gasteiger partial charge in [0.25, 0.3) is 0 Å². The van der Waals surface area contributed by atoms with Crippen LogP contribution in [0.1, 0.15) is 268 Å². The summed E-state index contributed by atoms with van der Waals surface area (Å²) < 4.78 is 46.7. The minimum absolute atomic E-state index is 0. The number of carbonyl (C=O) groups excluding carboxylic acids is 7. The van der Waals surface area contributed by atoms with Gasteiger partial charge in [-0.1, -0.05) is 85.7 Å². The first-order valence-corrected chi connectivity index (χ1v) is 44.0. The molecule has 0 saturated heterocycles. The quantitative estimate of drug-likeness (QED) is 0.00409. The molecule has 0 aliphatic heterocycles. The third-order valence-corrected chi connectivity index (χ3v) is 13.9. The molecule has 11 N–H and O–H groups in total. The van der Waals surface area contributed by atoms with Crippen molar-refractivity contribution >= 4 is 162 Å². The third kappa shape index (κ3) is 64.6. The maximum atomic E-state index is 11.9. The van der Waals surface area contributed by atoms with Crippen LogP contribution in [-0.2, 0) is 89.6 Å². The molecule has 0 bridgehead atoms. The molecule has 0 aliphatic rings. The van der Waals surface area contributed by atoms with Gasteiger partial charge in [0.1, 0.15) is 40.5 Å². The van der Waals surface area contributed by atoms with Gasteiger partial charge >= 0.3 is 66.0 Å². The van der Waals surface area contributed by atoms with Gasteiger partial charge in [0.15, 0.2) is 11.3 Å². The van der Waals surface area contributed by atoms with E-state index < -0.39 is 45.9 Å². The Balaban J connectivity index is -0.000000151. The number of hydrazone groups is 1. The van der Waals surface area contributed by atoms with Crippen molar-refractivity contribution in [2.75, 3.05) is 51.7 Å². The van der Waals surface area contributed by atoms with Crippen molar-refractivity contribution < 1.29 is 101 Å². The number of esters is 5. The van der Waals surface area contributed by atoms with Crippen LogP contribution in [0.2, 0.25) is 10.0 Å². The van der Waals surface area contributed by atoms with Gasteiger partial charge in [-0.15, -0.1) is 12.4 Å². The minimum atomic E-state index is -3.22. The predicted molar refractivity (Wildman–Crippen MR) is 502 cm³/mol. The first kappa shape index (κ1) is 138. The van der Waals surface area contributed by atoms with E-state index in [0.29, 0.717) is 47.0 Å². The number of amides is 1. The smallest absolute Gasteiger partial charge is 0.870 e. The SMILES string of the molecule is C.C.CC(=O)CC#N.CC(C)(C)OC(=O)CN.CC(C)=NCC(=O)OC(C)(C)C.CCCN.CCCN(N=C(C)C)C(=O)OC(C)(C)C.CCCn1nc(C)c2c(Cl)c(C(=O)O)cnc21.CCCn1nc(C)c2c(Cl)c(C(=O)OCC)cnc21.CCCn1nc(C)cc1CC=C(C(=O)OCC)C(=O)OCC.CCCn1nc(C)cc1N.Cl.N.O=P(Cl)(Cl)Cl.[Li+].[OH-]. The van der Waals surface area contributed by atoms with Gasteiger partial charge in [-0.3, -0.25) is 28.6 Å². The maximum absolute atomic E-state index is 11.9. The van der Waals surface area contributed by atoms with Crippen molar-refractivity contribution in [1.82, 2.24) is 60.2 Å². The van der Waals surface area contributed by atoms with E-state index in [0.717, 1.165) is 117 Å². The number of Topliss-reactive ketones (excluding diaryl/α,β-unsaturated/α-hetero) is 1. The monoisotopic (exact) mass is 1900 g/mol. The van der Waals surface area contributed by atoms with Gasteiger partial charge < -0.3 is 62.4 Å². The second-order valence-electron chi connectivity index (χ2n) is 28.7. The van der Waals surface area contributed by atoms with Crippen LogP contribution in [0.4, 0.5) is 10.6 Å². The van der Waals surface area contributed by atoms with Crippen molar-refractivity contribution in [2.45, 2.75) is 296 Å². The number of ketones is 1. The van der Waals surface area contributed by atoms with E-state index in [9.17, 15) is 42.9 Å². The summed E-state index contributed by atoms with van der Waals surface area (Å²) in [6.45, 7) is 55.7. The second-order valence-corrected chi connectivity index (χ2v) is 36.1. The fourth-order valence-electron chi connectivity index (χ4n) is 8.83. The Morgan fingerprint density at radius 1 is 0.600 bits per heavy atom. The molecule has 0 radical (unpaired) electrons. The molecule has 35 nitrogen and oxygen atoms in total. The Bertz CT molecular complexity index is 4280. The summed E-state index contributed by atoms with van der Waals surface area (Å²) in [4.78, 5) is 102. The summed E-state index contributed by atoms with van der Waals surface area (Å²) in [5.74, 6) is -2.78. The van der Waals surface area contributed by atoms with Gasteiger partial charge in [-0.25, -0.2) is 48.0 Å². The van der Waals surface area contributed by atoms with E-state index in [1.54, 1.807) is 65.3 Å². The number of aromatic carboxylic acids is 1. The number of carboxylic acids is 1. The molecule has 6 aromatic heterocycles. The number of aliphatic imine (C=N–C) groups is 1. The number of hydrogen-bond acceptors (Lipinski definition) is 29. The number of nitriles is 1. The van der Waals surface area contributed by atoms with E-state index in [-0.39, 0.29) is 136 Å². The summed E-state index contributed by atoms with van der Waals surface area (Å²) >= 11 is 26.2. The largest absolute Gasteiger partial charge is 1.00 e. The number of carbonyl (C=O) groups is 8. The van der Waals surface area contributed by atoms with Gasteiger partial charge in [-0.05, 0) is 230 Å². The molecule has 0 unspecified atom stereocenters. The Labute approximate surface area is 784 Å². The molecule has 712 valence electrons. The van der Waals surface area contributed by atoms with E-state index in [4.69, 9.17) is 79.2 Å². The molecule has 1 amide bonds. The molecule has 125 heavy (non-hydrogen) atoms. The van der Waals surface area contributed by atoms with Crippen LogP contribution < -0.4 is 42.2 Å². The first-order valence-electron chi connectivity index (χ1n) is 38.8. The Hall–Kier alpha value is -7.80. The van der Waals surface area contributed by atoms with Gasteiger partial charge in [0, 0.05) is 74.7 Å². The molecule has 0 saturated carbocycles. The summed E-state index contributed by atoms with van der Waals surface area (Å²) in [6.07, 6.45) is 10.2. The minimum Gasteiger partial charge on any atom is -0.870 e. The average molecular weight is 1900 g/mol. The van der Waals surface area contributed by atoms with Gasteiger partial charge in [-0.2, -0.15) is 35.8 Å². The van der Waals surface area contributed by atoms with Crippen LogP contribution in [0.5, 0.6) is 0 Å². The first-order chi connectivity index (χ1) is 55.1. The number of nitrogen functional groups attached to an aromatic ring is 1. The maximum Gasteiger partial charge on any atom is 1.00 e. The van der Waals surface area contributed by atoms with Crippen molar-refractivity contribution in [1.29, 1.82) is 5.26 Å². The number of fused-ring (bicyclic) bond motifs is 2. The molecule has 0 fully saturated rings. The third-order valence-electron chi connectivity index (χ3n) is 13.1. The number of nitrogens with zero attached hydrogens (tertiary/aromatic N) is 14. The zero-order valence-corrected chi connectivity index (χ0v) is 82.8. The van der Waals surface area contributed by atoms with Crippen LogP contribution in [-0.4, -0.2) is 187 Å². The van der Waals surface area contributed by atoms with Crippen molar-refractivity contribution in [3.05, 3.63) is 85.8 Å². The standard InChI is InChI=1S/C16H24N2O4.C13H16ClN3O2.C11H12ClN3O2.C11H22N2O2.C9H17NO2.C7H13N3.C6H13NO2.C4H5NO.C3H9N.2CH4.Cl3OP.ClH.Li.H3N.H2O/c1-5-10-18-13(11-12(4)17-18)8-9-14(15(19)21-6-2)16(20)22-7-3;1-4-6-17-12-10(8(3)16-17)11(14)9(7-15-12)13(18)19-5-2;1-3-4-15-10-8(6(2)14-15)9(12)7(5-13-10)11(16)17;1-7-8-13(12-9(2)3)10(14)15-11(4,5)6;1-7(2)10-6-8(11)12-9(3,4)5;1-3-4-10-7(8)5-6(2)9-10;1-6(2,3)9-5(8)4-7;1-4(6)2-3-5;1-2-3-4;;;1-5(2,3)4;;;;/h9,11H,5-8,10H2,1-4H3;7H,4-6H2,1-3H3;5H,3-4H2,1-2H3,(H,16,17);7-8H2,1-6H3;6H2,1-5H3;5H,3-4,8H2,1-2H3;4,7H2,1-3H3;2H2,1H3;2-4H2,1H3;2*1H4;;1H;;1H3;1H2/q;;;;;;;;;;;;;+1;;/p-1. The number of aryl methyl sites for hydroxylation is 8. The number of hydrogen-bond donors (Lipinski definition) is 5. The molecule has 6 rings (SSSR count). The average Bonchev–Trinajstić information content (AvgIpc) is 1.59. The van der Waals surface area contributed by atoms with E-state index in [1.165, 1.54) is 24.3 Å². The number of allylic oxidation sites excluding steroid dienone is 1. The zero-order chi connectivity index (χ0) is 92.9. The number of nitrogens with two attached hydrogens (primary N) is 3. The molecule has 0 aromatic carbocycles. The molecule has 0 atom stereocenters. The van der Waals surface area contributed by atoms with Crippen molar-refractivity contribution in [3.63, 3.8) is 0 Å². The molecular formula is C82H144Cl6LiN18O17P. The Kier molecular flexibility index (Phi) is 80.6. The number of rotatable bonds is 25. The normalized spacial score (nSPS) is 9.93. The van der Waals surface area contributed by atoms with Gasteiger partial charge in [0.2, 0.25) is 0 Å². The number of anilines is 1. The van der Waals surface area contributed by atoms with E-state index in [2.05, 4.69) is 102 Å². The molecule has 0 aliphatic carbocycles. The molecular weight excluding hydrogens is 1760 g/mol. The van der Waals surface area contributed by atoms with Crippen LogP contribution in [0.3, 0.4) is 0 Å². The second kappa shape index (κ2) is 73.1. The molecule has 6 aromatic rings. The number of carboxylic acid groups (broad SMARTS) is 1. The summed E-state index contributed by atoms with van der Waals surface area (Å²) in [6, 6.07) is 5.55. The predicted octanol–water partition coefficient (Wildman–Crippen LogP) is 16.3. The van der Waals surface area contributed by atoms with E-state index in [1.807, 2.05) is 130 Å².